The van der Waals surface area contributed by atoms with Crippen molar-refractivity contribution < 1.29 is 13.2 Å². The third-order valence-corrected chi connectivity index (χ3v) is 7.63. The van der Waals surface area contributed by atoms with Crippen molar-refractivity contribution in [3.05, 3.63) is 24.3 Å². The molecule has 1 amide bonds. The molecular formula is C14H16N2O3S3. The molecule has 1 aromatic heterocycles. The summed E-state index contributed by atoms with van der Waals surface area (Å²) in [4.78, 5) is 16.5. The van der Waals surface area contributed by atoms with Crippen LogP contribution in [0.1, 0.15) is 13.3 Å². The second kappa shape index (κ2) is 5.82. The van der Waals surface area contributed by atoms with Crippen molar-refractivity contribution in [3.8, 4) is 0 Å². The van der Waals surface area contributed by atoms with E-state index in [1.165, 1.54) is 11.8 Å². The Balaban J connectivity index is 1.58. The highest BCUT2D eigenvalue weighted by molar-refractivity contribution is 8.01. The first-order valence-electron chi connectivity index (χ1n) is 6.85. The van der Waals surface area contributed by atoms with Crippen LogP contribution in [0.15, 0.2) is 28.6 Å². The molecule has 1 aromatic carbocycles. The number of nitrogens with one attached hydrogen (secondary N) is 1. The van der Waals surface area contributed by atoms with Crippen LogP contribution in [0.3, 0.4) is 0 Å². The van der Waals surface area contributed by atoms with Gasteiger partial charge in [-0.3, -0.25) is 4.79 Å². The minimum absolute atomic E-state index is 0.0253. The van der Waals surface area contributed by atoms with Gasteiger partial charge in [0, 0.05) is 0 Å². The molecule has 0 bridgehead atoms. The van der Waals surface area contributed by atoms with E-state index in [-0.39, 0.29) is 23.2 Å². The molecule has 5 nitrogen and oxygen atoms in total. The molecule has 1 N–H and O–H groups in total. The molecule has 22 heavy (non-hydrogen) atoms. The zero-order chi connectivity index (χ0) is 15.8. The second-order valence-electron chi connectivity index (χ2n) is 5.69. The number of rotatable bonds is 4. The summed E-state index contributed by atoms with van der Waals surface area (Å²) in [6.07, 6.45) is 0.479. The van der Waals surface area contributed by atoms with Gasteiger partial charge in [0.2, 0.25) is 5.91 Å². The van der Waals surface area contributed by atoms with Gasteiger partial charge in [-0.15, -0.1) is 11.3 Å². The molecule has 118 valence electrons. The number of thioether (sulfide) groups is 1. The standard InChI is InChI=1S/C14H16N2O3S3/c1-14(6-7-22(18,19)9-14)16-12(17)8-20-13-15-10-4-2-3-5-11(10)21-13/h2-5H,6-9H2,1H3,(H,16,17)/t14-/m0/s1. The Bertz CT molecular complexity index is 783. The van der Waals surface area contributed by atoms with E-state index in [2.05, 4.69) is 10.3 Å². The number of hydrogen-bond donors (Lipinski definition) is 1. The molecule has 0 aliphatic carbocycles. The van der Waals surface area contributed by atoms with E-state index in [0.29, 0.717) is 6.42 Å². The minimum atomic E-state index is -3.02. The highest BCUT2D eigenvalue weighted by atomic mass is 32.2. The molecule has 0 saturated carbocycles. The van der Waals surface area contributed by atoms with Crippen molar-refractivity contribution in [1.82, 2.24) is 10.3 Å². The number of sulfone groups is 1. The summed E-state index contributed by atoms with van der Waals surface area (Å²) in [5.41, 5.74) is 0.300. The van der Waals surface area contributed by atoms with Crippen LogP contribution in [-0.4, -0.2) is 42.1 Å². The van der Waals surface area contributed by atoms with E-state index in [9.17, 15) is 13.2 Å². The van der Waals surface area contributed by atoms with Gasteiger partial charge in [-0.1, -0.05) is 23.9 Å². The zero-order valence-electron chi connectivity index (χ0n) is 12.0. The Labute approximate surface area is 137 Å². The number of amides is 1. The highest BCUT2D eigenvalue weighted by Crippen LogP contribution is 2.29. The number of benzene rings is 1. The quantitative estimate of drug-likeness (QED) is 0.849. The lowest BCUT2D eigenvalue weighted by Crippen LogP contribution is -2.47. The van der Waals surface area contributed by atoms with Gasteiger partial charge in [0.25, 0.3) is 0 Å². The molecule has 0 unspecified atom stereocenters. The molecule has 0 radical (unpaired) electrons. The van der Waals surface area contributed by atoms with E-state index in [4.69, 9.17) is 0 Å². The number of thiazole rings is 1. The lowest BCUT2D eigenvalue weighted by Gasteiger charge is -2.23. The number of fused-ring (bicyclic) bond motifs is 1. The third kappa shape index (κ3) is 3.61. The molecule has 1 aliphatic rings. The summed E-state index contributed by atoms with van der Waals surface area (Å²) in [5.74, 6) is 0.269. The predicted molar refractivity (Wildman–Crippen MR) is 90.2 cm³/mol. The van der Waals surface area contributed by atoms with Gasteiger partial charge < -0.3 is 5.32 Å². The van der Waals surface area contributed by atoms with Gasteiger partial charge in [0.1, 0.15) is 0 Å². The van der Waals surface area contributed by atoms with Crippen LogP contribution >= 0.6 is 23.1 Å². The largest absolute Gasteiger partial charge is 0.349 e. The normalized spacial score (nSPS) is 23.7. The van der Waals surface area contributed by atoms with Gasteiger partial charge in [0.15, 0.2) is 14.2 Å². The fourth-order valence-electron chi connectivity index (χ4n) is 2.52. The lowest BCUT2D eigenvalue weighted by atomic mass is 10.0. The maximum atomic E-state index is 12.1. The first-order chi connectivity index (χ1) is 10.4. The topological polar surface area (TPSA) is 76.1 Å². The molecule has 1 atom stereocenters. The molecule has 2 aromatic rings. The van der Waals surface area contributed by atoms with Crippen molar-refractivity contribution in [1.29, 1.82) is 0 Å². The Kier molecular flexibility index (Phi) is 4.17. The van der Waals surface area contributed by atoms with Crippen LogP contribution < -0.4 is 5.32 Å². The Morgan fingerprint density at radius 1 is 1.45 bits per heavy atom. The Hall–Kier alpha value is -1.12. The summed E-state index contributed by atoms with van der Waals surface area (Å²) < 4.78 is 25.0. The van der Waals surface area contributed by atoms with Gasteiger partial charge in [0.05, 0.1) is 33.0 Å². The van der Waals surface area contributed by atoms with Crippen LogP contribution in [0, 0.1) is 0 Å². The van der Waals surface area contributed by atoms with Crippen molar-refractivity contribution >= 4 is 49.1 Å². The van der Waals surface area contributed by atoms with Gasteiger partial charge in [-0.2, -0.15) is 0 Å². The molecule has 8 heteroatoms. The van der Waals surface area contributed by atoms with Crippen molar-refractivity contribution in [3.63, 3.8) is 0 Å². The smallest absolute Gasteiger partial charge is 0.230 e. The van der Waals surface area contributed by atoms with Gasteiger partial charge in [-0.05, 0) is 25.5 Å². The van der Waals surface area contributed by atoms with Crippen LogP contribution in [0.2, 0.25) is 0 Å². The van der Waals surface area contributed by atoms with Crippen LogP contribution in [0.25, 0.3) is 10.2 Å². The number of aromatic nitrogens is 1. The molecule has 2 heterocycles. The van der Waals surface area contributed by atoms with Crippen molar-refractivity contribution in [2.45, 2.75) is 23.2 Å². The molecule has 1 aliphatic heterocycles. The minimum Gasteiger partial charge on any atom is -0.349 e. The number of hydrogen-bond acceptors (Lipinski definition) is 6. The molecule has 1 saturated heterocycles. The first-order valence-corrected chi connectivity index (χ1v) is 10.5. The highest BCUT2D eigenvalue weighted by Gasteiger charge is 2.39. The lowest BCUT2D eigenvalue weighted by molar-refractivity contribution is -0.120. The summed E-state index contributed by atoms with van der Waals surface area (Å²) in [6, 6.07) is 7.84. The maximum Gasteiger partial charge on any atom is 0.230 e. The van der Waals surface area contributed by atoms with Crippen LogP contribution in [0.4, 0.5) is 0 Å². The van der Waals surface area contributed by atoms with Gasteiger partial charge in [-0.25, -0.2) is 13.4 Å². The van der Waals surface area contributed by atoms with E-state index in [0.717, 1.165) is 14.6 Å². The van der Waals surface area contributed by atoms with E-state index < -0.39 is 15.4 Å². The van der Waals surface area contributed by atoms with Gasteiger partial charge >= 0.3 is 0 Å². The summed E-state index contributed by atoms with van der Waals surface area (Å²) in [7, 11) is -3.02. The molecular weight excluding hydrogens is 340 g/mol. The molecule has 0 spiro atoms. The third-order valence-electron chi connectivity index (χ3n) is 3.55. The maximum absolute atomic E-state index is 12.1. The second-order valence-corrected chi connectivity index (χ2v) is 10.1. The fourth-order valence-corrected chi connectivity index (χ4v) is 6.48. The molecule has 3 rings (SSSR count). The van der Waals surface area contributed by atoms with Crippen molar-refractivity contribution in [2.75, 3.05) is 17.3 Å². The van der Waals surface area contributed by atoms with E-state index in [1.54, 1.807) is 18.3 Å². The molecule has 1 fully saturated rings. The number of para-hydroxylation sites is 1. The summed E-state index contributed by atoms with van der Waals surface area (Å²) in [5, 5.41) is 2.85. The monoisotopic (exact) mass is 356 g/mol. The van der Waals surface area contributed by atoms with Crippen LogP contribution in [0.5, 0.6) is 0 Å². The summed E-state index contributed by atoms with van der Waals surface area (Å²) >= 11 is 2.94. The fraction of sp³-hybridized carbons (Fsp3) is 0.429. The van der Waals surface area contributed by atoms with Crippen LogP contribution in [-0.2, 0) is 14.6 Å². The average molecular weight is 356 g/mol. The first kappa shape index (κ1) is 15.8. The van der Waals surface area contributed by atoms with E-state index in [1.807, 2.05) is 24.3 Å². The zero-order valence-corrected chi connectivity index (χ0v) is 14.5. The number of carbonyl (C=O) groups excluding carboxylic acids is 1. The Morgan fingerprint density at radius 2 is 2.23 bits per heavy atom. The number of nitrogens with zero attached hydrogens (tertiary/aromatic N) is 1. The van der Waals surface area contributed by atoms with Crippen molar-refractivity contribution in [2.24, 2.45) is 0 Å². The predicted octanol–water partition coefficient (Wildman–Crippen LogP) is 2.08. The number of carbonyl (C=O) groups is 1. The SMILES string of the molecule is C[C@]1(NC(=O)CSc2nc3ccccc3s2)CCS(=O)(=O)C1. The Morgan fingerprint density at radius 3 is 2.91 bits per heavy atom. The van der Waals surface area contributed by atoms with E-state index >= 15 is 0 Å². The summed E-state index contributed by atoms with van der Waals surface area (Å²) in [6.45, 7) is 1.79. The average Bonchev–Trinajstić information content (AvgIpc) is 2.96.